The second-order valence-corrected chi connectivity index (χ2v) is 6.75. The SMILES string of the molecule is CCC(C)C(=O)Nc1cccc(CNC(=O)C(C)(N)c2ccccc2)c1. The number of hydrogen-bond acceptors (Lipinski definition) is 3. The molecule has 0 spiro atoms. The van der Waals surface area contributed by atoms with E-state index in [9.17, 15) is 9.59 Å². The minimum absolute atomic E-state index is 0.00713. The Bertz CT molecular complexity index is 757. The number of nitrogens with one attached hydrogen (secondary N) is 2. The maximum absolute atomic E-state index is 12.5. The van der Waals surface area contributed by atoms with Crippen molar-refractivity contribution < 1.29 is 9.59 Å². The van der Waals surface area contributed by atoms with Gasteiger partial charge in [0.05, 0.1) is 0 Å². The molecule has 4 N–H and O–H groups in total. The first-order chi connectivity index (χ1) is 12.3. The van der Waals surface area contributed by atoms with Crippen LogP contribution in [0.1, 0.15) is 38.3 Å². The molecule has 0 bridgehead atoms. The minimum Gasteiger partial charge on any atom is -0.350 e. The third kappa shape index (κ3) is 4.92. The molecule has 0 heterocycles. The van der Waals surface area contributed by atoms with E-state index in [4.69, 9.17) is 5.73 Å². The summed E-state index contributed by atoms with van der Waals surface area (Å²) in [5, 5.41) is 5.78. The Morgan fingerprint density at radius 3 is 2.46 bits per heavy atom. The van der Waals surface area contributed by atoms with Crippen molar-refractivity contribution >= 4 is 17.5 Å². The van der Waals surface area contributed by atoms with Crippen LogP contribution in [0.2, 0.25) is 0 Å². The number of amides is 2. The molecular formula is C21H27N3O2. The predicted molar refractivity (Wildman–Crippen MR) is 104 cm³/mol. The Kier molecular flexibility index (Phi) is 6.52. The molecule has 0 saturated carbocycles. The molecule has 2 atom stereocenters. The van der Waals surface area contributed by atoms with Gasteiger partial charge < -0.3 is 16.4 Å². The molecule has 0 radical (unpaired) electrons. The summed E-state index contributed by atoms with van der Waals surface area (Å²) in [5.41, 5.74) is 7.49. The first-order valence-electron chi connectivity index (χ1n) is 8.87. The summed E-state index contributed by atoms with van der Waals surface area (Å²) in [6.07, 6.45) is 0.788. The van der Waals surface area contributed by atoms with Crippen LogP contribution in [0.4, 0.5) is 5.69 Å². The summed E-state index contributed by atoms with van der Waals surface area (Å²) in [6, 6.07) is 16.7. The van der Waals surface area contributed by atoms with Crippen molar-refractivity contribution in [1.29, 1.82) is 0 Å². The lowest BCUT2D eigenvalue weighted by atomic mass is 9.92. The third-order valence-corrected chi connectivity index (χ3v) is 4.55. The summed E-state index contributed by atoms with van der Waals surface area (Å²) in [5.74, 6) is -0.299. The number of rotatable bonds is 7. The van der Waals surface area contributed by atoms with Gasteiger partial charge in [0.25, 0.3) is 0 Å². The number of hydrogen-bond donors (Lipinski definition) is 3. The summed E-state index contributed by atoms with van der Waals surface area (Å²) in [6.45, 7) is 5.91. The number of nitrogens with two attached hydrogens (primary N) is 1. The molecule has 0 aliphatic carbocycles. The largest absolute Gasteiger partial charge is 0.350 e. The van der Waals surface area contributed by atoms with Crippen molar-refractivity contribution in [3.63, 3.8) is 0 Å². The van der Waals surface area contributed by atoms with Gasteiger partial charge in [-0.2, -0.15) is 0 Å². The molecule has 2 aromatic rings. The first kappa shape index (κ1) is 19.7. The van der Waals surface area contributed by atoms with E-state index < -0.39 is 5.54 Å². The molecule has 5 nitrogen and oxygen atoms in total. The van der Waals surface area contributed by atoms with Crippen molar-refractivity contribution in [3.05, 3.63) is 65.7 Å². The molecular weight excluding hydrogens is 326 g/mol. The number of benzene rings is 2. The summed E-state index contributed by atoms with van der Waals surface area (Å²) in [4.78, 5) is 24.5. The Morgan fingerprint density at radius 2 is 1.81 bits per heavy atom. The zero-order valence-corrected chi connectivity index (χ0v) is 15.6. The van der Waals surface area contributed by atoms with Gasteiger partial charge in [-0.25, -0.2) is 0 Å². The standard InChI is InChI=1S/C21H27N3O2/c1-4-15(2)19(25)24-18-12-8-9-16(13-18)14-23-20(26)21(3,22)17-10-6-5-7-11-17/h5-13,15H,4,14,22H2,1-3H3,(H,23,26)(H,24,25). The number of carbonyl (C=O) groups excluding carboxylic acids is 2. The zero-order chi connectivity index (χ0) is 19.2. The first-order valence-corrected chi connectivity index (χ1v) is 8.87. The van der Waals surface area contributed by atoms with E-state index in [2.05, 4.69) is 10.6 Å². The van der Waals surface area contributed by atoms with Gasteiger partial charge in [0.1, 0.15) is 5.54 Å². The quantitative estimate of drug-likeness (QED) is 0.715. The predicted octanol–water partition coefficient (Wildman–Crippen LogP) is 3.16. The number of carbonyl (C=O) groups is 2. The Balaban J connectivity index is 2.00. The van der Waals surface area contributed by atoms with Gasteiger partial charge in [-0.1, -0.05) is 56.3 Å². The lowest BCUT2D eigenvalue weighted by Crippen LogP contribution is -2.48. The lowest BCUT2D eigenvalue weighted by Gasteiger charge is -2.24. The fourth-order valence-electron chi connectivity index (χ4n) is 2.49. The summed E-state index contributed by atoms with van der Waals surface area (Å²) < 4.78 is 0. The Labute approximate surface area is 155 Å². The number of anilines is 1. The molecule has 2 rings (SSSR count). The average molecular weight is 353 g/mol. The fraction of sp³-hybridized carbons (Fsp3) is 0.333. The minimum atomic E-state index is -1.11. The van der Waals surface area contributed by atoms with Crippen LogP contribution in [0.15, 0.2) is 54.6 Å². The monoisotopic (exact) mass is 353 g/mol. The van der Waals surface area contributed by atoms with Gasteiger partial charge in [0.15, 0.2) is 0 Å². The van der Waals surface area contributed by atoms with Crippen molar-refractivity contribution in [2.75, 3.05) is 5.32 Å². The van der Waals surface area contributed by atoms with E-state index in [1.807, 2.05) is 68.4 Å². The second-order valence-electron chi connectivity index (χ2n) is 6.75. The van der Waals surface area contributed by atoms with Crippen LogP contribution < -0.4 is 16.4 Å². The van der Waals surface area contributed by atoms with Crippen molar-refractivity contribution in [2.24, 2.45) is 11.7 Å². The molecule has 138 valence electrons. The molecule has 0 aliphatic rings. The average Bonchev–Trinajstić information content (AvgIpc) is 2.66. The van der Waals surface area contributed by atoms with E-state index in [1.54, 1.807) is 6.92 Å². The van der Waals surface area contributed by atoms with Crippen LogP contribution in [0.3, 0.4) is 0 Å². The van der Waals surface area contributed by atoms with Crippen molar-refractivity contribution in [3.8, 4) is 0 Å². The molecule has 0 fully saturated rings. The van der Waals surface area contributed by atoms with Crippen LogP contribution >= 0.6 is 0 Å². The van der Waals surface area contributed by atoms with Gasteiger partial charge in [0.2, 0.25) is 11.8 Å². The highest BCUT2D eigenvalue weighted by Gasteiger charge is 2.29. The highest BCUT2D eigenvalue weighted by atomic mass is 16.2. The van der Waals surface area contributed by atoms with E-state index in [0.29, 0.717) is 6.54 Å². The van der Waals surface area contributed by atoms with Crippen LogP contribution in [0.5, 0.6) is 0 Å². The highest BCUT2D eigenvalue weighted by Crippen LogP contribution is 2.18. The molecule has 0 saturated heterocycles. The van der Waals surface area contributed by atoms with E-state index in [-0.39, 0.29) is 17.7 Å². The maximum Gasteiger partial charge on any atom is 0.244 e. The van der Waals surface area contributed by atoms with Crippen molar-refractivity contribution in [2.45, 2.75) is 39.3 Å². The molecule has 2 unspecified atom stereocenters. The molecule has 2 amide bonds. The van der Waals surface area contributed by atoms with Gasteiger partial charge in [-0.05, 0) is 36.6 Å². The summed E-state index contributed by atoms with van der Waals surface area (Å²) in [7, 11) is 0. The highest BCUT2D eigenvalue weighted by molar-refractivity contribution is 5.92. The second kappa shape index (κ2) is 8.63. The topological polar surface area (TPSA) is 84.2 Å². The van der Waals surface area contributed by atoms with Crippen LogP contribution in [-0.4, -0.2) is 11.8 Å². The summed E-state index contributed by atoms with van der Waals surface area (Å²) >= 11 is 0. The Morgan fingerprint density at radius 1 is 1.12 bits per heavy atom. The molecule has 0 aliphatic heterocycles. The van der Waals surface area contributed by atoms with E-state index in [1.165, 1.54) is 0 Å². The molecule has 2 aromatic carbocycles. The van der Waals surface area contributed by atoms with Crippen molar-refractivity contribution in [1.82, 2.24) is 5.32 Å². The molecule has 0 aromatic heterocycles. The lowest BCUT2D eigenvalue weighted by molar-refractivity contribution is -0.126. The fourth-order valence-corrected chi connectivity index (χ4v) is 2.49. The smallest absolute Gasteiger partial charge is 0.244 e. The van der Waals surface area contributed by atoms with Crippen LogP contribution in [0, 0.1) is 5.92 Å². The van der Waals surface area contributed by atoms with Crippen LogP contribution in [0.25, 0.3) is 0 Å². The van der Waals surface area contributed by atoms with Gasteiger partial charge in [-0.3, -0.25) is 9.59 Å². The van der Waals surface area contributed by atoms with Gasteiger partial charge in [-0.15, -0.1) is 0 Å². The Hall–Kier alpha value is -2.66. The zero-order valence-electron chi connectivity index (χ0n) is 15.6. The van der Waals surface area contributed by atoms with Gasteiger partial charge >= 0.3 is 0 Å². The molecule has 26 heavy (non-hydrogen) atoms. The molecule has 5 heteroatoms. The maximum atomic E-state index is 12.5. The van der Waals surface area contributed by atoms with Crippen LogP contribution in [-0.2, 0) is 21.7 Å². The van der Waals surface area contributed by atoms with E-state index in [0.717, 1.165) is 23.2 Å². The normalized spacial score (nSPS) is 14.2. The van der Waals surface area contributed by atoms with E-state index >= 15 is 0 Å². The van der Waals surface area contributed by atoms with Gasteiger partial charge in [0, 0.05) is 18.2 Å². The third-order valence-electron chi connectivity index (χ3n) is 4.55.